The fourth-order valence-corrected chi connectivity index (χ4v) is 11.0. The normalized spacial score (nSPS) is 11.4. The molecule has 70 heavy (non-hydrogen) atoms. The highest BCUT2D eigenvalue weighted by Crippen LogP contribution is 2.50. The summed E-state index contributed by atoms with van der Waals surface area (Å²) in [5.41, 5.74) is 21.5. The summed E-state index contributed by atoms with van der Waals surface area (Å²) in [6, 6.07) is 89.3. The number of nitrogens with zero attached hydrogens (tertiary/aromatic N) is 2. The molecule has 0 aliphatic rings. The van der Waals surface area contributed by atoms with Gasteiger partial charge in [0.15, 0.2) is 0 Å². The minimum atomic E-state index is 1.11. The monoisotopic (exact) mass is 896 g/mol. The summed E-state index contributed by atoms with van der Waals surface area (Å²) in [5, 5.41) is 7.34. The van der Waals surface area contributed by atoms with E-state index in [1.807, 2.05) is 0 Å². The summed E-state index contributed by atoms with van der Waals surface area (Å²) < 4.78 is 0. The molecule has 0 aliphatic heterocycles. The van der Waals surface area contributed by atoms with Crippen molar-refractivity contribution < 1.29 is 0 Å². The standard InChI is InChI=1S/C68H52N2/c1-45-19-11-13-25-55(45)57-39-35-53(43-47(57)3)69(63-29-17-15-27-59(63)49-21-7-5-8-22-49)65-41-33-51-32-38-62-66(42-34-52-31-37-61(65)67(51)68(52)62)70(64-30-18-16-28-60(64)50-23-9-6-10-24-50)54-36-40-58(48(4)44-54)56-26-14-12-20-46(56)2/h5-44H,1-4H3. The Kier molecular flexibility index (Phi) is 10.8. The molecule has 0 spiro atoms. The molecule has 12 aromatic rings. The van der Waals surface area contributed by atoms with Gasteiger partial charge in [0, 0.05) is 33.3 Å². The fourth-order valence-electron chi connectivity index (χ4n) is 11.0. The Bertz CT molecular complexity index is 3630. The summed E-state index contributed by atoms with van der Waals surface area (Å²) in [5.74, 6) is 0. The predicted octanol–water partition coefficient (Wildman–Crippen LogP) is 19.4. The Morgan fingerprint density at radius 3 is 0.986 bits per heavy atom. The molecule has 0 radical (unpaired) electrons. The summed E-state index contributed by atoms with van der Waals surface area (Å²) in [6.07, 6.45) is 0. The average molecular weight is 897 g/mol. The van der Waals surface area contributed by atoms with Crippen LogP contribution in [0.4, 0.5) is 34.1 Å². The van der Waals surface area contributed by atoms with Crippen LogP contribution >= 0.6 is 0 Å². The Morgan fingerprint density at radius 1 is 0.243 bits per heavy atom. The number of rotatable bonds is 10. The SMILES string of the molecule is Cc1ccccc1-c1ccc(N(c2ccccc2-c2ccccc2)c2ccc3ccc4c(N(c5ccc(-c6ccccc6C)c(C)c5)c5ccccc5-c5ccccc5)ccc5ccc2c3c54)cc1C. The molecule has 0 heterocycles. The van der Waals surface area contributed by atoms with E-state index in [-0.39, 0.29) is 0 Å². The van der Waals surface area contributed by atoms with Crippen molar-refractivity contribution in [1.29, 1.82) is 0 Å². The van der Waals surface area contributed by atoms with E-state index in [4.69, 9.17) is 0 Å². The van der Waals surface area contributed by atoms with Crippen molar-refractivity contribution in [2.24, 2.45) is 0 Å². The van der Waals surface area contributed by atoms with Gasteiger partial charge in [0.2, 0.25) is 0 Å². The van der Waals surface area contributed by atoms with Gasteiger partial charge < -0.3 is 9.80 Å². The number of aryl methyl sites for hydroxylation is 4. The molecule has 0 amide bonds. The number of hydrogen-bond acceptors (Lipinski definition) is 2. The summed E-state index contributed by atoms with van der Waals surface area (Å²) in [7, 11) is 0. The van der Waals surface area contributed by atoms with E-state index in [0.29, 0.717) is 0 Å². The maximum absolute atomic E-state index is 2.49. The lowest BCUT2D eigenvalue weighted by atomic mass is 9.91. The van der Waals surface area contributed by atoms with Gasteiger partial charge in [-0.15, -0.1) is 0 Å². The van der Waals surface area contributed by atoms with Crippen molar-refractivity contribution >= 4 is 66.4 Å². The average Bonchev–Trinajstić information content (AvgIpc) is 3.40. The molecule has 0 N–H and O–H groups in total. The summed E-state index contributed by atoms with van der Waals surface area (Å²) in [4.78, 5) is 4.98. The number of para-hydroxylation sites is 2. The maximum Gasteiger partial charge on any atom is 0.0540 e. The molecule has 0 bridgehead atoms. The molecule has 12 aromatic carbocycles. The first kappa shape index (κ1) is 42.6. The molecule has 0 atom stereocenters. The molecule has 12 rings (SSSR count). The largest absolute Gasteiger partial charge is 0.309 e. The van der Waals surface area contributed by atoms with E-state index in [1.165, 1.54) is 99.1 Å². The molecule has 0 aromatic heterocycles. The zero-order valence-corrected chi connectivity index (χ0v) is 40.0. The zero-order valence-electron chi connectivity index (χ0n) is 40.0. The van der Waals surface area contributed by atoms with E-state index in [2.05, 4.69) is 280 Å². The summed E-state index contributed by atoms with van der Waals surface area (Å²) in [6.45, 7) is 8.90. The van der Waals surface area contributed by atoms with Crippen LogP contribution in [0.1, 0.15) is 22.3 Å². The van der Waals surface area contributed by atoms with Gasteiger partial charge >= 0.3 is 0 Å². The molecule has 0 saturated carbocycles. The number of anilines is 6. The molecule has 2 heteroatoms. The van der Waals surface area contributed by atoms with Gasteiger partial charge in [0.1, 0.15) is 0 Å². The van der Waals surface area contributed by atoms with Gasteiger partial charge in [-0.25, -0.2) is 0 Å². The second kappa shape index (κ2) is 17.7. The van der Waals surface area contributed by atoms with E-state index >= 15 is 0 Å². The van der Waals surface area contributed by atoms with Gasteiger partial charge in [-0.05, 0) is 153 Å². The van der Waals surface area contributed by atoms with Crippen molar-refractivity contribution in [3.8, 4) is 44.5 Å². The Labute approximate surface area is 411 Å². The van der Waals surface area contributed by atoms with Crippen LogP contribution in [0.3, 0.4) is 0 Å². The van der Waals surface area contributed by atoms with Gasteiger partial charge in [-0.2, -0.15) is 0 Å². The van der Waals surface area contributed by atoms with Crippen molar-refractivity contribution in [3.05, 3.63) is 265 Å². The van der Waals surface area contributed by atoms with Crippen LogP contribution < -0.4 is 9.80 Å². The van der Waals surface area contributed by atoms with Crippen molar-refractivity contribution in [2.75, 3.05) is 9.80 Å². The van der Waals surface area contributed by atoms with Crippen LogP contribution in [0.2, 0.25) is 0 Å². The lowest BCUT2D eigenvalue weighted by Crippen LogP contribution is -2.13. The van der Waals surface area contributed by atoms with Crippen LogP contribution in [0.5, 0.6) is 0 Å². The second-order valence-corrected chi connectivity index (χ2v) is 18.7. The predicted molar refractivity (Wildman–Crippen MR) is 300 cm³/mol. The first-order valence-corrected chi connectivity index (χ1v) is 24.3. The molecule has 2 nitrogen and oxygen atoms in total. The summed E-state index contributed by atoms with van der Waals surface area (Å²) >= 11 is 0. The molecule has 0 aliphatic carbocycles. The minimum Gasteiger partial charge on any atom is -0.309 e. The second-order valence-electron chi connectivity index (χ2n) is 18.7. The Morgan fingerprint density at radius 2 is 0.586 bits per heavy atom. The Hall–Kier alpha value is -8.72. The van der Waals surface area contributed by atoms with Crippen LogP contribution in [0.15, 0.2) is 243 Å². The van der Waals surface area contributed by atoms with E-state index in [9.17, 15) is 0 Å². The Balaban J connectivity index is 1.10. The highest BCUT2D eigenvalue weighted by Gasteiger charge is 2.25. The van der Waals surface area contributed by atoms with Gasteiger partial charge in [-0.1, -0.05) is 194 Å². The van der Waals surface area contributed by atoms with Crippen LogP contribution in [0.25, 0.3) is 76.8 Å². The van der Waals surface area contributed by atoms with Crippen LogP contribution in [0, 0.1) is 27.7 Å². The number of benzene rings is 12. The first-order chi connectivity index (χ1) is 34.4. The highest BCUT2D eigenvalue weighted by atomic mass is 15.2. The number of hydrogen-bond donors (Lipinski definition) is 0. The lowest BCUT2D eigenvalue weighted by Gasteiger charge is -2.31. The molecule has 0 saturated heterocycles. The highest BCUT2D eigenvalue weighted by molar-refractivity contribution is 6.28. The molecular weight excluding hydrogens is 845 g/mol. The van der Waals surface area contributed by atoms with E-state index < -0.39 is 0 Å². The molecular formula is C68H52N2. The zero-order chi connectivity index (χ0) is 47.3. The van der Waals surface area contributed by atoms with Crippen molar-refractivity contribution in [1.82, 2.24) is 0 Å². The van der Waals surface area contributed by atoms with Crippen molar-refractivity contribution in [2.45, 2.75) is 27.7 Å². The van der Waals surface area contributed by atoms with Crippen molar-refractivity contribution in [3.63, 3.8) is 0 Å². The van der Waals surface area contributed by atoms with Crippen LogP contribution in [-0.2, 0) is 0 Å². The minimum absolute atomic E-state index is 1.11. The third-order valence-corrected chi connectivity index (χ3v) is 14.4. The van der Waals surface area contributed by atoms with Gasteiger partial charge in [-0.3, -0.25) is 0 Å². The maximum atomic E-state index is 2.49. The molecule has 0 unspecified atom stereocenters. The topological polar surface area (TPSA) is 6.48 Å². The third-order valence-electron chi connectivity index (χ3n) is 14.4. The quantitative estimate of drug-likeness (QED) is 0.126. The fraction of sp³-hybridized carbons (Fsp3) is 0.0588. The van der Waals surface area contributed by atoms with Crippen LogP contribution in [-0.4, -0.2) is 0 Å². The molecule has 0 fully saturated rings. The van der Waals surface area contributed by atoms with E-state index in [1.54, 1.807) is 0 Å². The lowest BCUT2D eigenvalue weighted by molar-refractivity contribution is 1.28. The van der Waals surface area contributed by atoms with Gasteiger partial charge in [0.05, 0.1) is 22.7 Å². The smallest absolute Gasteiger partial charge is 0.0540 e. The third kappa shape index (κ3) is 7.37. The first-order valence-electron chi connectivity index (χ1n) is 24.3. The van der Waals surface area contributed by atoms with Gasteiger partial charge in [0.25, 0.3) is 0 Å². The van der Waals surface area contributed by atoms with E-state index in [0.717, 1.165) is 34.1 Å². The molecule has 334 valence electrons.